The van der Waals surface area contributed by atoms with Crippen molar-refractivity contribution in [1.82, 2.24) is 5.32 Å². The van der Waals surface area contributed by atoms with Gasteiger partial charge in [-0.1, -0.05) is 43.0 Å². The van der Waals surface area contributed by atoms with Crippen LogP contribution in [0.2, 0.25) is 5.02 Å². The second-order valence-corrected chi connectivity index (χ2v) is 6.61. The van der Waals surface area contributed by atoms with Gasteiger partial charge in [0.05, 0.1) is 0 Å². The van der Waals surface area contributed by atoms with Crippen molar-refractivity contribution in [2.24, 2.45) is 11.1 Å². The summed E-state index contributed by atoms with van der Waals surface area (Å²) in [6.07, 6.45) is 7.23. The lowest BCUT2D eigenvalue weighted by atomic mass is 9.71. The number of hydrogen-bond acceptors (Lipinski definition) is 2. The molecule has 1 aliphatic rings. The van der Waals surface area contributed by atoms with Crippen molar-refractivity contribution in [3.05, 3.63) is 34.9 Å². The molecule has 21 heavy (non-hydrogen) atoms. The van der Waals surface area contributed by atoms with E-state index in [1.807, 2.05) is 24.3 Å². The molecule has 4 heteroatoms. The summed E-state index contributed by atoms with van der Waals surface area (Å²) in [6, 6.07) is 7.76. The van der Waals surface area contributed by atoms with Crippen LogP contribution in [0.5, 0.6) is 0 Å². The van der Waals surface area contributed by atoms with Gasteiger partial charge in [-0.15, -0.1) is 0 Å². The summed E-state index contributed by atoms with van der Waals surface area (Å²) in [7, 11) is 0. The van der Waals surface area contributed by atoms with Gasteiger partial charge in [0.2, 0.25) is 5.91 Å². The number of nitrogens with two attached hydrogens (primary N) is 1. The van der Waals surface area contributed by atoms with E-state index in [1.54, 1.807) is 0 Å². The molecular formula is C17H25ClN2O. The Hall–Kier alpha value is -1.06. The van der Waals surface area contributed by atoms with E-state index in [9.17, 15) is 4.79 Å². The summed E-state index contributed by atoms with van der Waals surface area (Å²) in [5, 5.41) is 3.76. The van der Waals surface area contributed by atoms with E-state index < -0.39 is 0 Å². The van der Waals surface area contributed by atoms with Crippen molar-refractivity contribution in [2.45, 2.75) is 44.9 Å². The van der Waals surface area contributed by atoms with Crippen LogP contribution in [0.4, 0.5) is 0 Å². The van der Waals surface area contributed by atoms with Crippen LogP contribution in [0.15, 0.2) is 24.3 Å². The van der Waals surface area contributed by atoms with Gasteiger partial charge in [0.25, 0.3) is 0 Å². The van der Waals surface area contributed by atoms with Crippen molar-refractivity contribution < 1.29 is 4.79 Å². The second kappa shape index (κ2) is 7.81. The van der Waals surface area contributed by atoms with Gasteiger partial charge in [0, 0.05) is 18.0 Å². The third kappa shape index (κ3) is 5.01. The minimum atomic E-state index is 0.0401. The molecule has 0 saturated heterocycles. The topological polar surface area (TPSA) is 55.1 Å². The van der Waals surface area contributed by atoms with Crippen LogP contribution in [-0.2, 0) is 11.2 Å². The lowest BCUT2D eigenvalue weighted by molar-refractivity contribution is -0.123. The maximum absolute atomic E-state index is 12.1. The molecular weight excluding hydrogens is 284 g/mol. The average molecular weight is 309 g/mol. The van der Waals surface area contributed by atoms with Gasteiger partial charge >= 0.3 is 0 Å². The maximum Gasteiger partial charge on any atom is 0.220 e. The zero-order valence-corrected chi connectivity index (χ0v) is 13.3. The Morgan fingerprint density at radius 3 is 2.71 bits per heavy atom. The van der Waals surface area contributed by atoms with Gasteiger partial charge in [-0.05, 0) is 48.9 Å². The fourth-order valence-corrected chi connectivity index (χ4v) is 3.41. The number of halogens is 1. The van der Waals surface area contributed by atoms with E-state index in [2.05, 4.69) is 5.32 Å². The summed E-state index contributed by atoms with van der Waals surface area (Å²) in [5.74, 6) is 0.129. The van der Waals surface area contributed by atoms with Crippen molar-refractivity contribution in [3.8, 4) is 0 Å². The molecule has 0 atom stereocenters. The average Bonchev–Trinajstić information content (AvgIpc) is 2.48. The fourth-order valence-electron chi connectivity index (χ4n) is 3.20. The van der Waals surface area contributed by atoms with E-state index in [-0.39, 0.29) is 11.3 Å². The number of nitrogens with one attached hydrogen (secondary N) is 1. The van der Waals surface area contributed by atoms with Crippen LogP contribution in [0.3, 0.4) is 0 Å². The quantitative estimate of drug-likeness (QED) is 0.847. The predicted octanol–water partition coefficient (Wildman–Crippen LogP) is 3.30. The first kappa shape index (κ1) is 16.3. The second-order valence-electron chi connectivity index (χ2n) is 6.17. The SMILES string of the molecule is NCC1(CC(=O)NCCc2cccc(Cl)c2)CCCCC1. The standard InChI is InChI=1S/C17H25ClN2O/c18-15-6-4-5-14(11-15)7-10-20-16(21)12-17(13-19)8-2-1-3-9-17/h4-6,11H,1-3,7-10,12-13,19H2,(H,20,21). The highest BCUT2D eigenvalue weighted by Crippen LogP contribution is 2.38. The molecule has 1 aromatic carbocycles. The lowest BCUT2D eigenvalue weighted by Gasteiger charge is -2.35. The molecule has 1 saturated carbocycles. The first-order valence-corrected chi connectivity index (χ1v) is 8.23. The smallest absolute Gasteiger partial charge is 0.220 e. The summed E-state index contributed by atoms with van der Waals surface area (Å²) >= 11 is 5.95. The monoisotopic (exact) mass is 308 g/mol. The molecule has 1 aliphatic carbocycles. The molecule has 0 radical (unpaired) electrons. The highest BCUT2D eigenvalue weighted by molar-refractivity contribution is 6.30. The number of carbonyl (C=O) groups excluding carboxylic acids is 1. The first-order chi connectivity index (χ1) is 10.1. The van der Waals surface area contributed by atoms with E-state index in [4.69, 9.17) is 17.3 Å². The van der Waals surface area contributed by atoms with E-state index in [0.717, 1.165) is 29.8 Å². The zero-order chi connectivity index (χ0) is 15.1. The fraction of sp³-hybridized carbons (Fsp3) is 0.588. The zero-order valence-electron chi connectivity index (χ0n) is 12.5. The van der Waals surface area contributed by atoms with Crippen molar-refractivity contribution in [1.29, 1.82) is 0 Å². The van der Waals surface area contributed by atoms with Crippen LogP contribution in [-0.4, -0.2) is 19.0 Å². The van der Waals surface area contributed by atoms with E-state index in [1.165, 1.54) is 19.3 Å². The Labute approximate surface area is 132 Å². The third-order valence-electron chi connectivity index (χ3n) is 4.51. The van der Waals surface area contributed by atoms with Gasteiger partial charge in [-0.3, -0.25) is 4.79 Å². The molecule has 0 aromatic heterocycles. The van der Waals surface area contributed by atoms with E-state index >= 15 is 0 Å². The Kier molecular flexibility index (Phi) is 6.07. The highest BCUT2D eigenvalue weighted by Gasteiger charge is 2.32. The Morgan fingerprint density at radius 2 is 2.05 bits per heavy atom. The Balaban J connectivity index is 1.76. The van der Waals surface area contributed by atoms with Crippen molar-refractivity contribution in [2.75, 3.05) is 13.1 Å². The molecule has 0 unspecified atom stereocenters. The van der Waals surface area contributed by atoms with Gasteiger partial charge in [-0.2, -0.15) is 0 Å². The summed E-state index contributed by atoms with van der Waals surface area (Å²) in [4.78, 5) is 12.1. The highest BCUT2D eigenvalue weighted by atomic mass is 35.5. The predicted molar refractivity (Wildman–Crippen MR) is 87.4 cm³/mol. The Morgan fingerprint density at radius 1 is 1.29 bits per heavy atom. The van der Waals surface area contributed by atoms with Gasteiger partial charge in [0.15, 0.2) is 0 Å². The van der Waals surface area contributed by atoms with Crippen molar-refractivity contribution in [3.63, 3.8) is 0 Å². The van der Waals surface area contributed by atoms with Crippen molar-refractivity contribution >= 4 is 17.5 Å². The third-order valence-corrected chi connectivity index (χ3v) is 4.74. The molecule has 0 heterocycles. The number of benzene rings is 1. The van der Waals surface area contributed by atoms with Crippen LogP contribution >= 0.6 is 11.6 Å². The van der Waals surface area contributed by atoms with Gasteiger partial charge in [-0.25, -0.2) is 0 Å². The van der Waals surface area contributed by atoms with Crippen LogP contribution in [0.25, 0.3) is 0 Å². The number of amides is 1. The minimum Gasteiger partial charge on any atom is -0.356 e. The Bertz CT molecular complexity index is 470. The molecule has 3 N–H and O–H groups in total. The molecule has 0 aliphatic heterocycles. The van der Waals surface area contributed by atoms with Gasteiger partial charge < -0.3 is 11.1 Å². The maximum atomic E-state index is 12.1. The van der Waals surface area contributed by atoms with Gasteiger partial charge in [0.1, 0.15) is 0 Å². The van der Waals surface area contributed by atoms with Crippen LogP contribution < -0.4 is 11.1 Å². The molecule has 0 bridgehead atoms. The van der Waals surface area contributed by atoms with Crippen LogP contribution in [0, 0.1) is 5.41 Å². The number of hydrogen-bond donors (Lipinski definition) is 2. The number of carbonyl (C=O) groups is 1. The summed E-state index contributed by atoms with van der Waals surface area (Å²) < 4.78 is 0. The summed E-state index contributed by atoms with van der Waals surface area (Å²) in [5.41, 5.74) is 7.12. The molecule has 0 spiro atoms. The molecule has 1 aromatic rings. The largest absolute Gasteiger partial charge is 0.356 e. The minimum absolute atomic E-state index is 0.0401. The lowest BCUT2D eigenvalue weighted by Crippen LogP contribution is -2.39. The molecule has 3 nitrogen and oxygen atoms in total. The number of rotatable bonds is 6. The molecule has 116 valence electrons. The first-order valence-electron chi connectivity index (χ1n) is 7.85. The summed E-state index contributed by atoms with van der Waals surface area (Å²) in [6.45, 7) is 1.27. The molecule has 2 rings (SSSR count). The van der Waals surface area contributed by atoms with E-state index in [0.29, 0.717) is 19.5 Å². The molecule has 1 fully saturated rings. The molecule has 1 amide bonds. The normalized spacial score (nSPS) is 17.4. The van der Waals surface area contributed by atoms with Crippen LogP contribution in [0.1, 0.15) is 44.1 Å².